The Kier molecular flexibility index (Phi) is 5.11. The lowest BCUT2D eigenvalue weighted by molar-refractivity contribution is 0.600. The lowest BCUT2D eigenvalue weighted by atomic mass is 10.2. The number of aryl methyl sites for hydroxylation is 1. The Morgan fingerprint density at radius 3 is 2.30 bits per heavy atom. The fourth-order valence-electron chi connectivity index (χ4n) is 2.52. The van der Waals surface area contributed by atoms with Gasteiger partial charge in [-0.15, -0.1) is 11.3 Å². The van der Waals surface area contributed by atoms with Crippen LogP contribution in [0.3, 0.4) is 0 Å². The fraction of sp³-hybridized carbons (Fsp3) is 0.167. The highest BCUT2D eigenvalue weighted by molar-refractivity contribution is 7.91. The average molecular weight is 423 g/mol. The van der Waals surface area contributed by atoms with Crippen molar-refractivity contribution in [2.24, 2.45) is 0 Å². The molecule has 0 saturated carbocycles. The maximum atomic E-state index is 12.2. The number of hydrogen-bond acceptors (Lipinski definition) is 7. The monoisotopic (exact) mass is 422 g/mol. The number of thiazole rings is 1. The van der Waals surface area contributed by atoms with Crippen molar-refractivity contribution < 1.29 is 16.8 Å². The molecule has 0 fully saturated rings. The summed E-state index contributed by atoms with van der Waals surface area (Å²) in [5.74, 6) is 0. The van der Waals surface area contributed by atoms with Gasteiger partial charge in [0, 0.05) is 34.8 Å². The van der Waals surface area contributed by atoms with Crippen molar-refractivity contribution in [3.05, 3.63) is 53.5 Å². The number of nitrogens with zero attached hydrogens (tertiary/aromatic N) is 1. The summed E-state index contributed by atoms with van der Waals surface area (Å²) in [6, 6.07) is 11.5. The number of sulfone groups is 2. The van der Waals surface area contributed by atoms with Gasteiger partial charge in [0.25, 0.3) is 0 Å². The van der Waals surface area contributed by atoms with Crippen molar-refractivity contribution >= 4 is 42.4 Å². The molecule has 2 aromatic carbocycles. The molecule has 0 radical (unpaired) electrons. The van der Waals surface area contributed by atoms with E-state index < -0.39 is 19.7 Å². The molecule has 1 N–H and O–H groups in total. The van der Waals surface area contributed by atoms with Crippen molar-refractivity contribution in [1.29, 1.82) is 0 Å². The minimum atomic E-state index is -3.63. The van der Waals surface area contributed by atoms with Gasteiger partial charge in [0.05, 0.1) is 15.5 Å². The predicted molar refractivity (Wildman–Crippen MR) is 108 cm³/mol. The van der Waals surface area contributed by atoms with Crippen molar-refractivity contribution in [3.8, 4) is 10.6 Å². The first-order valence-electron chi connectivity index (χ1n) is 7.88. The van der Waals surface area contributed by atoms with Crippen molar-refractivity contribution in [3.63, 3.8) is 0 Å². The van der Waals surface area contributed by atoms with Crippen LogP contribution in [0.1, 0.15) is 5.69 Å². The quantitative estimate of drug-likeness (QED) is 0.674. The van der Waals surface area contributed by atoms with Gasteiger partial charge < -0.3 is 5.32 Å². The molecule has 9 heteroatoms. The summed E-state index contributed by atoms with van der Waals surface area (Å²) in [7, 11) is -7.15. The molecule has 0 aliphatic rings. The van der Waals surface area contributed by atoms with Crippen LogP contribution in [0.15, 0.2) is 57.6 Å². The average Bonchev–Trinajstić information content (AvgIpc) is 3.00. The third kappa shape index (κ3) is 4.55. The van der Waals surface area contributed by atoms with Gasteiger partial charge >= 0.3 is 0 Å². The van der Waals surface area contributed by atoms with Gasteiger partial charge in [0.2, 0.25) is 0 Å². The van der Waals surface area contributed by atoms with E-state index in [-0.39, 0.29) is 9.79 Å². The van der Waals surface area contributed by atoms with Crippen molar-refractivity contribution in [1.82, 2.24) is 4.98 Å². The molecule has 0 saturated heterocycles. The molecule has 1 aromatic heterocycles. The Labute approximate surface area is 162 Å². The van der Waals surface area contributed by atoms with Gasteiger partial charge in [-0.2, -0.15) is 0 Å². The Hall–Kier alpha value is -2.23. The highest BCUT2D eigenvalue weighted by atomic mass is 32.2. The predicted octanol–water partition coefficient (Wildman–Crippen LogP) is 3.67. The second-order valence-electron chi connectivity index (χ2n) is 6.20. The zero-order valence-electron chi connectivity index (χ0n) is 14.9. The molecule has 3 rings (SSSR count). The number of anilines is 2. The van der Waals surface area contributed by atoms with Gasteiger partial charge in [0.15, 0.2) is 19.7 Å². The van der Waals surface area contributed by atoms with Crippen LogP contribution in [-0.4, -0.2) is 34.3 Å². The maximum absolute atomic E-state index is 12.2. The van der Waals surface area contributed by atoms with E-state index in [4.69, 9.17) is 0 Å². The zero-order valence-corrected chi connectivity index (χ0v) is 17.4. The van der Waals surface area contributed by atoms with Gasteiger partial charge in [-0.25, -0.2) is 21.8 Å². The molecule has 0 amide bonds. The number of benzene rings is 2. The molecule has 0 bridgehead atoms. The van der Waals surface area contributed by atoms with Gasteiger partial charge in [-0.3, -0.25) is 0 Å². The van der Waals surface area contributed by atoms with Crippen LogP contribution < -0.4 is 5.32 Å². The van der Waals surface area contributed by atoms with Crippen LogP contribution in [0.4, 0.5) is 11.4 Å². The Morgan fingerprint density at radius 1 is 0.963 bits per heavy atom. The summed E-state index contributed by atoms with van der Waals surface area (Å²) < 4.78 is 47.9. The second-order valence-corrected chi connectivity index (χ2v) is 11.1. The van der Waals surface area contributed by atoms with Crippen LogP contribution in [0, 0.1) is 6.92 Å². The lowest BCUT2D eigenvalue weighted by Gasteiger charge is -2.13. The van der Waals surface area contributed by atoms with Crippen molar-refractivity contribution in [2.75, 3.05) is 17.8 Å². The number of hydrogen-bond donors (Lipinski definition) is 1. The maximum Gasteiger partial charge on any atom is 0.177 e. The van der Waals surface area contributed by atoms with Crippen LogP contribution in [0.25, 0.3) is 10.6 Å². The summed E-state index contributed by atoms with van der Waals surface area (Å²) in [6.07, 6.45) is 2.09. The molecule has 0 aliphatic heterocycles. The molecule has 27 heavy (non-hydrogen) atoms. The minimum Gasteiger partial charge on any atom is -0.354 e. The van der Waals surface area contributed by atoms with Crippen LogP contribution in [0.5, 0.6) is 0 Å². The smallest absolute Gasteiger partial charge is 0.177 e. The summed E-state index contributed by atoms with van der Waals surface area (Å²) in [4.78, 5) is 4.34. The Morgan fingerprint density at radius 2 is 1.70 bits per heavy atom. The van der Waals surface area contributed by atoms with E-state index in [0.717, 1.165) is 28.8 Å². The molecule has 0 atom stereocenters. The molecular formula is C18H18N2O4S3. The highest BCUT2D eigenvalue weighted by Gasteiger charge is 2.18. The highest BCUT2D eigenvalue weighted by Crippen LogP contribution is 2.30. The Bertz CT molecular complexity index is 1210. The summed E-state index contributed by atoms with van der Waals surface area (Å²) in [5.41, 5.74) is 2.84. The summed E-state index contributed by atoms with van der Waals surface area (Å²) in [5, 5.41) is 5.90. The van der Waals surface area contributed by atoms with E-state index in [1.54, 1.807) is 6.07 Å². The first-order valence-corrected chi connectivity index (χ1v) is 12.5. The largest absolute Gasteiger partial charge is 0.354 e. The second kappa shape index (κ2) is 7.06. The molecule has 0 unspecified atom stereocenters. The molecule has 0 spiro atoms. The standard InChI is InChI=1S/C18H18N2O4S3/c1-12-11-25-18(19-12)13-5-4-6-14(9-13)20-16-8-7-15(26(2,21)22)10-17(16)27(3,23)24/h4-11,20H,1-3H3. The molecule has 6 nitrogen and oxygen atoms in total. The summed E-state index contributed by atoms with van der Waals surface area (Å²) in [6.45, 7) is 1.92. The number of rotatable bonds is 5. The fourth-order valence-corrected chi connectivity index (χ4v) is 4.89. The van der Waals surface area contributed by atoms with E-state index in [1.165, 1.54) is 29.5 Å². The molecular weight excluding hydrogens is 404 g/mol. The van der Waals surface area contributed by atoms with E-state index in [1.807, 2.05) is 30.5 Å². The molecule has 3 aromatic rings. The zero-order chi connectivity index (χ0) is 19.8. The lowest BCUT2D eigenvalue weighted by Crippen LogP contribution is -2.06. The van der Waals surface area contributed by atoms with E-state index in [0.29, 0.717) is 11.4 Å². The van der Waals surface area contributed by atoms with Gasteiger partial charge in [-0.1, -0.05) is 12.1 Å². The topological polar surface area (TPSA) is 93.2 Å². The van der Waals surface area contributed by atoms with Gasteiger partial charge in [-0.05, 0) is 37.3 Å². The summed E-state index contributed by atoms with van der Waals surface area (Å²) >= 11 is 1.53. The number of aromatic nitrogens is 1. The molecule has 1 heterocycles. The van der Waals surface area contributed by atoms with Crippen LogP contribution >= 0.6 is 11.3 Å². The van der Waals surface area contributed by atoms with Crippen LogP contribution in [0.2, 0.25) is 0 Å². The minimum absolute atomic E-state index is 0.0412. The third-order valence-corrected chi connectivity index (χ3v) is 7.04. The van der Waals surface area contributed by atoms with Gasteiger partial charge in [0.1, 0.15) is 5.01 Å². The first-order chi connectivity index (χ1) is 12.5. The van der Waals surface area contributed by atoms with E-state index in [2.05, 4.69) is 10.3 Å². The molecule has 142 valence electrons. The van der Waals surface area contributed by atoms with Crippen molar-refractivity contribution in [2.45, 2.75) is 16.7 Å². The SMILES string of the molecule is Cc1csc(-c2cccc(Nc3ccc(S(C)(=O)=O)cc3S(C)(=O)=O)c2)n1. The number of nitrogens with one attached hydrogen (secondary N) is 1. The first kappa shape index (κ1) is 19.5. The normalized spacial score (nSPS) is 12.1. The van der Waals surface area contributed by atoms with E-state index in [9.17, 15) is 16.8 Å². The van der Waals surface area contributed by atoms with E-state index >= 15 is 0 Å². The Balaban J connectivity index is 2.03. The third-order valence-electron chi connectivity index (χ3n) is 3.79. The molecule has 0 aliphatic carbocycles. The van der Waals surface area contributed by atoms with Crippen LogP contribution in [-0.2, 0) is 19.7 Å².